The van der Waals surface area contributed by atoms with Crippen molar-refractivity contribution in [1.29, 1.82) is 0 Å². The van der Waals surface area contributed by atoms with Crippen LogP contribution >= 0.6 is 0 Å². The SMILES string of the molecule is CC1CCc2ccccc2N1CC(=O)N(C1CCCCC1)C1CCS(=O)(=O)C1. The Morgan fingerprint density at radius 2 is 1.82 bits per heavy atom. The molecule has 2 aliphatic heterocycles. The van der Waals surface area contributed by atoms with Crippen LogP contribution in [0.3, 0.4) is 0 Å². The van der Waals surface area contributed by atoms with Crippen LogP contribution in [0.15, 0.2) is 24.3 Å². The number of nitrogens with zero attached hydrogens (tertiary/aromatic N) is 2. The Kier molecular flexibility index (Phi) is 5.68. The van der Waals surface area contributed by atoms with Crippen molar-refractivity contribution in [1.82, 2.24) is 4.90 Å². The quantitative estimate of drug-likeness (QED) is 0.773. The van der Waals surface area contributed by atoms with E-state index in [1.54, 1.807) is 0 Å². The van der Waals surface area contributed by atoms with Gasteiger partial charge in [-0.1, -0.05) is 37.5 Å². The van der Waals surface area contributed by atoms with Crippen molar-refractivity contribution in [2.75, 3.05) is 23.0 Å². The molecule has 1 saturated carbocycles. The molecule has 6 heteroatoms. The molecule has 1 aliphatic carbocycles. The van der Waals surface area contributed by atoms with Crippen LogP contribution in [-0.2, 0) is 21.1 Å². The van der Waals surface area contributed by atoms with Gasteiger partial charge in [-0.15, -0.1) is 0 Å². The molecule has 2 atom stereocenters. The first-order valence-electron chi connectivity index (χ1n) is 10.8. The fraction of sp³-hybridized carbons (Fsp3) is 0.682. The van der Waals surface area contributed by atoms with E-state index < -0.39 is 9.84 Å². The van der Waals surface area contributed by atoms with Gasteiger partial charge < -0.3 is 9.80 Å². The monoisotopic (exact) mass is 404 g/mol. The number of fused-ring (bicyclic) bond motifs is 1. The molecule has 1 aromatic rings. The first-order chi connectivity index (χ1) is 13.4. The first-order valence-corrected chi connectivity index (χ1v) is 12.6. The predicted octanol–water partition coefficient (Wildman–Crippen LogP) is 3.18. The summed E-state index contributed by atoms with van der Waals surface area (Å²) in [7, 11) is -3.01. The van der Waals surface area contributed by atoms with Gasteiger partial charge in [0.15, 0.2) is 9.84 Å². The Morgan fingerprint density at radius 3 is 2.54 bits per heavy atom. The third-order valence-electron chi connectivity index (χ3n) is 6.83. The molecular weight excluding hydrogens is 372 g/mol. The highest BCUT2D eigenvalue weighted by Gasteiger charge is 2.39. The number of rotatable bonds is 4. The zero-order valence-corrected chi connectivity index (χ0v) is 17.7. The van der Waals surface area contributed by atoms with E-state index in [1.165, 1.54) is 12.0 Å². The molecule has 2 heterocycles. The minimum absolute atomic E-state index is 0.109. The molecule has 1 saturated heterocycles. The van der Waals surface area contributed by atoms with Gasteiger partial charge in [-0.25, -0.2) is 8.42 Å². The largest absolute Gasteiger partial charge is 0.359 e. The third-order valence-corrected chi connectivity index (χ3v) is 8.58. The molecule has 0 N–H and O–H groups in total. The number of hydrogen-bond acceptors (Lipinski definition) is 4. The van der Waals surface area contributed by atoms with Crippen molar-refractivity contribution in [2.24, 2.45) is 0 Å². The maximum Gasteiger partial charge on any atom is 0.242 e. The van der Waals surface area contributed by atoms with Gasteiger partial charge in [0.2, 0.25) is 5.91 Å². The second-order valence-corrected chi connectivity index (χ2v) is 11.0. The molecule has 0 bridgehead atoms. The van der Waals surface area contributed by atoms with E-state index in [2.05, 4.69) is 30.0 Å². The number of aryl methyl sites for hydroxylation is 1. The fourth-order valence-corrected chi connectivity index (χ4v) is 7.00. The minimum Gasteiger partial charge on any atom is -0.359 e. The number of anilines is 1. The van der Waals surface area contributed by atoms with E-state index in [1.807, 2.05) is 11.0 Å². The molecule has 3 aliphatic rings. The number of sulfone groups is 1. The molecule has 154 valence electrons. The Morgan fingerprint density at radius 1 is 1.07 bits per heavy atom. The van der Waals surface area contributed by atoms with Gasteiger partial charge in [0.25, 0.3) is 0 Å². The second kappa shape index (κ2) is 8.05. The van der Waals surface area contributed by atoms with Crippen LogP contribution in [0, 0.1) is 0 Å². The van der Waals surface area contributed by atoms with Crippen molar-refractivity contribution >= 4 is 21.4 Å². The van der Waals surface area contributed by atoms with E-state index in [-0.39, 0.29) is 29.5 Å². The average Bonchev–Trinajstić information content (AvgIpc) is 3.04. The molecule has 0 aromatic heterocycles. The Hall–Kier alpha value is -1.56. The van der Waals surface area contributed by atoms with Gasteiger partial charge in [0, 0.05) is 23.8 Å². The topological polar surface area (TPSA) is 57.7 Å². The average molecular weight is 405 g/mol. The summed E-state index contributed by atoms with van der Waals surface area (Å²) in [6, 6.07) is 8.75. The molecular formula is C22H32N2O3S. The molecule has 1 amide bonds. The Balaban J connectivity index is 1.57. The number of carbonyl (C=O) groups excluding carboxylic acids is 1. The lowest BCUT2D eigenvalue weighted by atomic mass is 9.92. The van der Waals surface area contributed by atoms with Gasteiger partial charge >= 0.3 is 0 Å². The predicted molar refractivity (Wildman–Crippen MR) is 112 cm³/mol. The summed E-state index contributed by atoms with van der Waals surface area (Å²) in [5, 5.41) is 0. The van der Waals surface area contributed by atoms with E-state index >= 15 is 0 Å². The molecule has 5 nitrogen and oxygen atoms in total. The summed E-state index contributed by atoms with van der Waals surface area (Å²) in [5.74, 6) is 0.468. The first kappa shape index (κ1) is 19.7. The lowest BCUT2D eigenvalue weighted by Crippen LogP contribution is -2.53. The van der Waals surface area contributed by atoms with Crippen LogP contribution in [0.1, 0.15) is 57.4 Å². The van der Waals surface area contributed by atoms with Crippen molar-refractivity contribution in [3.05, 3.63) is 29.8 Å². The highest BCUT2D eigenvalue weighted by atomic mass is 32.2. The van der Waals surface area contributed by atoms with Crippen LogP contribution in [0.2, 0.25) is 0 Å². The highest BCUT2D eigenvalue weighted by molar-refractivity contribution is 7.91. The van der Waals surface area contributed by atoms with Crippen molar-refractivity contribution in [3.63, 3.8) is 0 Å². The summed E-state index contributed by atoms with van der Waals surface area (Å²) in [6.45, 7) is 2.54. The van der Waals surface area contributed by atoms with Crippen LogP contribution in [0.4, 0.5) is 5.69 Å². The molecule has 28 heavy (non-hydrogen) atoms. The minimum atomic E-state index is -3.01. The normalized spacial score (nSPS) is 27.4. The van der Waals surface area contributed by atoms with E-state index in [0.29, 0.717) is 19.0 Å². The highest BCUT2D eigenvalue weighted by Crippen LogP contribution is 2.32. The number of carbonyl (C=O) groups is 1. The van der Waals surface area contributed by atoms with E-state index in [0.717, 1.165) is 44.2 Å². The molecule has 0 radical (unpaired) electrons. The van der Waals surface area contributed by atoms with Crippen LogP contribution < -0.4 is 4.90 Å². The molecule has 4 rings (SSSR count). The maximum absolute atomic E-state index is 13.6. The van der Waals surface area contributed by atoms with Crippen molar-refractivity contribution < 1.29 is 13.2 Å². The standard InChI is InChI=1S/C22H32N2O3S/c1-17-11-12-18-7-5-6-10-21(18)23(17)15-22(25)24(19-8-3-2-4-9-19)20-13-14-28(26,27)16-20/h5-7,10,17,19-20H,2-4,8-9,11-16H2,1H3. The van der Waals surface area contributed by atoms with E-state index in [9.17, 15) is 13.2 Å². The number of para-hydroxylation sites is 1. The van der Waals surface area contributed by atoms with Crippen LogP contribution in [0.25, 0.3) is 0 Å². The van der Waals surface area contributed by atoms with Gasteiger partial charge in [-0.3, -0.25) is 4.79 Å². The summed E-state index contributed by atoms with van der Waals surface area (Å²) >= 11 is 0. The lowest BCUT2D eigenvalue weighted by Gasteiger charge is -2.42. The fourth-order valence-electron chi connectivity index (χ4n) is 5.29. The maximum atomic E-state index is 13.6. The molecule has 2 fully saturated rings. The molecule has 1 aromatic carbocycles. The second-order valence-electron chi connectivity index (χ2n) is 8.79. The number of amides is 1. The van der Waals surface area contributed by atoms with Gasteiger partial charge in [-0.2, -0.15) is 0 Å². The third kappa shape index (κ3) is 4.07. The Bertz CT molecular complexity index is 817. The van der Waals surface area contributed by atoms with Crippen LogP contribution in [-0.4, -0.2) is 55.4 Å². The van der Waals surface area contributed by atoms with Gasteiger partial charge in [-0.05, 0) is 50.7 Å². The van der Waals surface area contributed by atoms with E-state index in [4.69, 9.17) is 0 Å². The van der Waals surface area contributed by atoms with Gasteiger partial charge in [0.1, 0.15) is 0 Å². The number of hydrogen-bond donors (Lipinski definition) is 0. The molecule has 0 spiro atoms. The number of benzene rings is 1. The van der Waals surface area contributed by atoms with Crippen molar-refractivity contribution in [3.8, 4) is 0 Å². The van der Waals surface area contributed by atoms with Gasteiger partial charge in [0.05, 0.1) is 18.1 Å². The zero-order valence-electron chi connectivity index (χ0n) is 16.8. The van der Waals surface area contributed by atoms with Crippen LogP contribution in [0.5, 0.6) is 0 Å². The summed E-state index contributed by atoms with van der Waals surface area (Å²) in [6.07, 6.45) is 8.20. The summed E-state index contributed by atoms with van der Waals surface area (Å²) in [4.78, 5) is 17.8. The Labute approximate surface area is 169 Å². The summed E-state index contributed by atoms with van der Waals surface area (Å²) in [5.41, 5.74) is 2.47. The smallest absolute Gasteiger partial charge is 0.242 e. The molecule has 2 unspecified atom stereocenters. The lowest BCUT2D eigenvalue weighted by molar-refractivity contribution is -0.135. The van der Waals surface area contributed by atoms with Crippen molar-refractivity contribution in [2.45, 2.75) is 76.4 Å². The zero-order chi connectivity index (χ0) is 19.7. The summed E-state index contributed by atoms with van der Waals surface area (Å²) < 4.78 is 24.2.